The van der Waals surface area contributed by atoms with Gasteiger partial charge in [0.1, 0.15) is 5.75 Å². The monoisotopic (exact) mass is 377 g/mol. The molecule has 0 bridgehead atoms. The lowest BCUT2D eigenvalue weighted by Crippen LogP contribution is -2.24. The van der Waals surface area contributed by atoms with Crippen LogP contribution < -0.4 is 10.2 Å². The van der Waals surface area contributed by atoms with Crippen molar-refractivity contribution in [3.05, 3.63) is 68.7 Å². The Morgan fingerprint density at radius 3 is 2.83 bits per heavy atom. The molecular formula is C15H12BrN3O4. The zero-order chi connectivity index (χ0) is 16.7. The summed E-state index contributed by atoms with van der Waals surface area (Å²) >= 11 is 3.31. The van der Waals surface area contributed by atoms with Gasteiger partial charge in [0.25, 0.3) is 11.6 Å². The maximum atomic E-state index is 11.6. The van der Waals surface area contributed by atoms with E-state index in [0.717, 1.165) is 4.47 Å². The largest absolute Gasteiger partial charge is 0.483 e. The second-order valence-electron chi connectivity index (χ2n) is 4.36. The van der Waals surface area contributed by atoms with Crippen molar-refractivity contribution in [3.8, 4) is 5.75 Å². The third-order valence-corrected chi connectivity index (χ3v) is 3.33. The molecule has 0 aliphatic carbocycles. The van der Waals surface area contributed by atoms with Crippen LogP contribution in [0.15, 0.2) is 58.1 Å². The first-order chi connectivity index (χ1) is 11.1. The number of carbonyl (C=O) groups is 1. The topological polar surface area (TPSA) is 93.8 Å². The molecule has 2 aromatic carbocycles. The Labute approximate surface area is 140 Å². The molecule has 0 aromatic heterocycles. The summed E-state index contributed by atoms with van der Waals surface area (Å²) in [5.41, 5.74) is 2.75. The first-order valence-electron chi connectivity index (χ1n) is 6.50. The molecule has 0 spiro atoms. The SMILES string of the molecule is O=C(COc1ccccc1Br)N/N=C\c1cccc([N+](=O)[O-])c1. The van der Waals surface area contributed by atoms with Crippen molar-refractivity contribution in [3.63, 3.8) is 0 Å². The van der Waals surface area contributed by atoms with Crippen molar-refractivity contribution < 1.29 is 14.5 Å². The summed E-state index contributed by atoms with van der Waals surface area (Å²) in [4.78, 5) is 21.8. The number of hydrogen-bond donors (Lipinski definition) is 1. The molecular weight excluding hydrogens is 366 g/mol. The molecule has 23 heavy (non-hydrogen) atoms. The van der Waals surface area contributed by atoms with Crippen molar-refractivity contribution in [2.45, 2.75) is 0 Å². The van der Waals surface area contributed by atoms with Gasteiger partial charge in [0.05, 0.1) is 15.6 Å². The first kappa shape index (κ1) is 16.6. The van der Waals surface area contributed by atoms with Gasteiger partial charge in [-0.1, -0.05) is 24.3 Å². The minimum absolute atomic E-state index is 0.0439. The number of halogens is 1. The fourth-order valence-electron chi connectivity index (χ4n) is 1.63. The number of nitro benzene ring substituents is 1. The molecule has 0 radical (unpaired) electrons. The van der Waals surface area contributed by atoms with Gasteiger partial charge >= 0.3 is 0 Å². The van der Waals surface area contributed by atoms with E-state index in [2.05, 4.69) is 26.5 Å². The highest BCUT2D eigenvalue weighted by molar-refractivity contribution is 9.10. The van der Waals surface area contributed by atoms with Gasteiger partial charge in [-0.25, -0.2) is 5.43 Å². The number of non-ortho nitro benzene ring substituents is 1. The van der Waals surface area contributed by atoms with Crippen LogP contribution in [0.3, 0.4) is 0 Å². The molecule has 0 saturated carbocycles. The van der Waals surface area contributed by atoms with Gasteiger partial charge in [-0.2, -0.15) is 5.10 Å². The van der Waals surface area contributed by atoms with Crippen molar-refractivity contribution in [1.82, 2.24) is 5.43 Å². The number of ether oxygens (including phenoxy) is 1. The predicted molar refractivity (Wildman–Crippen MR) is 88.5 cm³/mol. The summed E-state index contributed by atoms with van der Waals surface area (Å²) in [6.07, 6.45) is 1.32. The van der Waals surface area contributed by atoms with E-state index in [1.54, 1.807) is 24.3 Å². The van der Waals surface area contributed by atoms with E-state index in [-0.39, 0.29) is 12.3 Å². The molecule has 1 N–H and O–H groups in total. The van der Waals surface area contributed by atoms with Crippen LogP contribution in [0, 0.1) is 10.1 Å². The molecule has 0 unspecified atom stereocenters. The quantitative estimate of drug-likeness (QED) is 0.475. The van der Waals surface area contributed by atoms with E-state index in [1.165, 1.54) is 24.4 Å². The summed E-state index contributed by atoms with van der Waals surface area (Å²) in [6, 6.07) is 13.1. The van der Waals surface area contributed by atoms with Gasteiger partial charge in [-0.05, 0) is 28.1 Å². The smallest absolute Gasteiger partial charge is 0.277 e. The summed E-state index contributed by atoms with van der Waals surface area (Å²) in [6.45, 7) is -0.200. The van der Waals surface area contributed by atoms with E-state index < -0.39 is 10.8 Å². The van der Waals surface area contributed by atoms with Crippen LogP contribution in [-0.4, -0.2) is 23.7 Å². The van der Waals surface area contributed by atoms with E-state index in [9.17, 15) is 14.9 Å². The van der Waals surface area contributed by atoms with Crippen molar-refractivity contribution in [2.24, 2.45) is 5.10 Å². The van der Waals surface area contributed by atoms with Crippen LogP contribution >= 0.6 is 15.9 Å². The second kappa shape index (κ2) is 8.04. The van der Waals surface area contributed by atoms with Crippen LogP contribution in [0.25, 0.3) is 0 Å². The number of carbonyl (C=O) groups excluding carboxylic acids is 1. The molecule has 0 heterocycles. The lowest BCUT2D eigenvalue weighted by molar-refractivity contribution is -0.384. The first-order valence-corrected chi connectivity index (χ1v) is 7.29. The highest BCUT2D eigenvalue weighted by atomic mass is 79.9. The number of amides is 1. The molecule has 2 rings (SSSR count). The second-order valence-corrected chi connectivity index (χ2v) is 5.22. The number of nitrogens with one attached hydrogen (secondary N) is 1. The third kappa shape index (κ3) is 5.19. The molecule has 0 atom stereocenters. The number of hydrogen-bond acceptors (Lipinski definition) is 5. The van der Waals surface area contributed by atoms with Crippen LogP contribution in [0.2, 0.25) is 0 Å². The lowest BCUT2D eigenvalue weighted by Gasteiger charge is -2.06. The Balaban J connectivity index is 1.85. The number of rotatable bonds is 6. The van der Waals surface area contributed by atoms with Gasteiger partial charge in [-0.3, -0.25) is 14.9 Å². The Kier molecular flexibility index (Phi) is 5.81. The van der Waals surface area contributed by atoms with Crippen LogP contribution in [-0.2, 0) is 4.79 Å². The van der Waals surface area contributed by atoms with Crippen LogP contribution in [0.4, 0.5) is 5.69 Å². The Hall–Kier alpha value is -2.74. The van der Waals surface area contributed by atoms with Gasteiger partial charge in [0.15, 0.2) is 6.61 Å². The Morgan fingerprint density at radius 2 is 2.09 bits per heavy atom. The fourth-order valence-corrected chi connectivity index (χ4v) is 2.03. The highest BCUT2D eigenvalue weighted by Gasteiger charge is 2.05. The molecule has 1 amide bonds. The number of para-hydroxylation sites is 1. The maximum absolute atomic E-state index is 11.6. The average Bonchev–Trinajstić information content (AvgIpc) is 2.54. The third-order valence-electron chi connectivity index (χ3n) is 2.68. The summed E-state index contributed by atoms with van der Waals surface area (Å²) in [5.74, 6) is 0.104. The Morgan fingerprint density at radius 1 is 1.30 bits per heavy atom. The van der Waals surface area contributed by atoms with E-state index in [4.69, 9.17) is 4.74 Å². The molecule has 2 aromatic rings. The van der Waals surface area contributed by atoms with Crippen molar-refractivity contribution in [2.75, 3.05) is 6.61 Å². The van der Waals surface area contributed by atoms with E-state index in [1.807, 2.05) is 6.07 Å². The van der Waals surface area contributed by atoms with Crippen LogP contribution in [0.1, 0.15) is 5.56 Å². The zero-order valence-corrected chi connectivity index (χ0v) is 13.4. The standard InChI is InChI=1S/C15H12BrN3O4/c16-13-6-1-2-7-14(13)23-10-15(20)18-17-9-11-4-3-5-12(8-11)19(21)22/h1-9H,10H2,(H,18,20)/b17-9-. The normalized spacial score (nSPS) is 10.5. The molecule has 0 aliphatic rings. The molecule has 7 nitrogen and oxygen atoms in total. The lowest BCUT2D eigenvalue weighted by atomic mass is 10.2. The highest BCUT2D eigenvalue weighted by Crippen LogP contribution is 2.23. The van der Waals surface area contributed by atoms with E-state index in [0.29, 0.717) is 11.3 Å². The molecule has 0 saturated heterocycles. The summed E-state index contributed by atoms with van der Waals surface area (Å²) in [5, 5.41) is 14.4. The minimum Gasteiger partial charge on any atom is -0.483 e. The fraction of sp³-hybridized carbons (Fsp3) is 0.0667. The molecule has 118 valence electrons. The summed E-state index contributed by atoms with van der Waals surface area (Å²) < 4.78 is 6.07. The zero-order valence-electron chi connectivity index (χ0n) is 11.8. The molecule has 0 aliphatic heterocycles. The maximum Gasteiger partial charge on any atom is 0.277 e. The van der Waals surface area contributed by atoms with Gasteiger partial charge < -0.3 is 4.74 Å². The van der Waals surface area contributed by atoms with Crippen molar-refractivity contribution in [1.29, 1.82) is 0 Å². The van der Waals surface area contributed by atoms with E-state index >= 15 is 0 Å². The van der Waals surface area contributed by atoms with Crippen LogP contribution in [0.5, 0.6) is 5.75 Å². The number of nitrogens with zero attached hydrogens (tertiary/aromatic N) is 2. The van der Waals surface area contributed by atoms with Gasteiger partial charge in [0, 0.05) is 17.7 Å². The summed E-state index contributed by atoms with van der Waals surface area (Å²) in [7, 11) is 0. The van der Waals surface area contributed by atoms with Crippen molar-refractivity contribution >= 4 is 33.7 Å². The number of benzene rings is 2. The van der Waals surface area contributed by atoms with Gasteiger partial charge in [-0.15, -0.1) is 0 Å². The number of hydrazone groups is 1. The molecule has 0 fully saturated rings. The molecule has 8 heteroatoms. The van der Waals surface area contributed by atoms with Gasteiger partial charge in [0.2, 0.25) is 0 Å². The average molecular weight is 378 g/mol. The Bertz CT molecular complexity index is 749. The number of nitro groups is 1. The predicted octanol–water partition coefficient (Wildman–Crippen LogP) is 2.89. The minimum atomic E-state index is -0.499.